The van der Waals surface area contributed by atoms with Crippen LogP contribution in [0.3, 0.4) is 0 Å². The van der Waals surface area contributed by atoms with E-state index in [-0.39, 0.29) is 12.6 Å². The minimum Gasteiger partial charge on any atom is -0.489 e. The molecule has 0 bridgehead atoms. The number of likely N-dealkylation sites (N-methyl/N-ethyl adjacent to an activating group) is 1. The lowest BCUT2D eigenvalue weighted by molar-refractivity contribution is -0.275. The topological polar surface area (TPSA) is 91.0 Å². The van der Waals surface area contributed by atoms with Gasteiger partial charge in [-0.2, -0.15) is 0 Å². The van der Waals surface area contributed by atoms with Crippen molar-refractivity contribution in [2.24, 2.45) is 0 Å². The van der Waals surface area contributed by atoms with E-state index in [4.69, 9.17) is 28.4 Å². The van der Waals surface area contributed by atoms with Gasteiger partial charge in [0.2, 0.25) is 0 Å². The fraction of sp³-hybridized carbons (Fsp3) is 0.297. The predicted octanol–water partition coefficient (Wildman–Crippen LogP) is 11.5. The molecule has 382 valence electrons. The number of nitrogens with one attached hydrogen (secondary N) is 1. The lowest BCUT2D eigenvalue weighted by Gasteiger charge is -2.46. The predicted molar refractivity (Wildman–Crippen MR) is 291 cm³/mol. The first kappa shape index (κ1) is 52.0. The monoisotopic (exact) mass is 992 g/mol. The minimum absolute atomic E-state index is 0.0182. The zero-order valence-electron chi connectivity index (χ0n) is 42.7. The Morgan fingerprint density at radius 3 is 1.64 bits per heavy atom. The van der Waals surface area contributed by atoms with Crippen LogP contribution in [0.4, 0.5) is 4.79 Å². The van der Waals surface area contributed by atoms with Crippen molar-refractivity contribution in [2.75, 3.05) is 46.4 Å². The number of amides is 2. The molecular weight excluding hydrogens is 923 g/mol. The van der Waals surface area contributed by atoms with Crippen LogP contribution in [0.15, 0.2) is 194 Å². The number of nitrogens with zero attached hydrogens (tertiary/aromatic N) is 2. The number of rotatable bonds is 22. The zero-order valence-corrected chi connectivity index (χ0v) is 42.7. The summed E-state index contributed by atoms with van der Waals surface area (Å²) in [6.07, 6.45) is 1.63. The quantitative estimate of drug-likeness (QED) is 0.0718. The average molecular weight is 992 g/mol. The summed E-state index contributed by atoms with van der Waals surface area (Å²) in [6, 6.07) is 64.1. The van der Waals surface area contributed by atoms with Crippen molar-refractivity contribution in [3.8, 4) is 5.75 Å². The van der Waals surface area contributed by atoms with Crippen molar-refractivity contribution >= 4 is 12.1 Å². The van der Waals surface area contributed by atoms with Crippen LogP contribution in [-0.4, -0.2) is 86.6 Å². The van der Waals surface area contributed by atoms with E-state index in [0.29, 0.717) is 51.7 Å². The number of ether oxygens (including phenoxy) is 6. The smallest absolute Gasteiger partial charge is 0.317 e. The van der Waals surface area contributed by atoms with Crippen molar-refractivity contribution in [3.05, 3.63) is 250 Å². The van der Waals surface area contributed by atoms with Crippen LogP contribution >= 0.6 is 0 Å². The van der Waals surface area contributed by atoms with Crippen molar-refractivity contribution in [1.29, 1.82) is 0 Å². The molecule has 5 atom stereocenters. The van der Waals surface area contributed by atoms with E-state index in [2.05, 4.69) is 127 Å². The van der Waals surface area contributed by atoms with E-state index >= 15 is 0 Å². The third kappa shape index (κ3) is 14.9. The largest absolute Gasteiger partial charge is 0.489 e. The number of hydrogen-bond acceptors (Lipinski definition) is 8. The summed E-state index contributed by atoms with van der Waals surface area (Å²) in [5.74, 6) is 0.711. The van der Waals surface area contributed by atoms with E-state index in [1.54, 1.807) is 0 Å². The Hall–Kier alpha value is -6.89. The summed E-state index contributed by atoms with van der Waals surface area (Å²) in [5, 5.41) is 3.04. The second kappa shape index (κ2) is 26.9. The number of urea groups is 1. The highest BCUT2D eigenvalue weighted by atomic mass is 16.6. The van der Waals surface area contributed by atoms with Gasteiger partial charge in [0.05, 0.1) is 33.0 Å². The molecule has 2 saturated heterocycles. The van der Waals surface area contributed by atoms with Gasteiger partial charge in [0, 0.05) is 38.3 Å². The van der Waals surface area contributed by atoms with Crippen LogP contribution in [0.2, 0.25) is 0 Å². The molecule has 0 saturated carbocycles. The first-order valence-electron chi connectivity index (χ1n) is 25.9. The number of hydrogen-bond donors (Lipinski definition) is 1. The summed E-state index contributed by atoms with van der Waals surface area (Å²) >= 11 is 0. The molecule has 1 N–H and O–H groups in total. The third-order valence-corrected chi connectivity index (χ3v) is 13.7. The average Bonchev–Trinajstić information content (AvgIpc) is 3.45. The molecule has 2 aliphatic rings. The molecule has 0 unspecified atom stereocenters. The molecular formula is C64H69N3O7. The normalized spacial score (nSPS) is 19.1. The second-order valence-corrected chi connectivity index (χ2v) is 19.3. The zero-order chi connectivity index (χ0) is 50.7. The fourth-order valence-electron chi connectivity index (χ4n) is 9.49. The fourth-order valence-corrected chi connectivity index (χ4v) is 9.49. The van der Waals surface area contributed by atoms with Gasteiger partial charge in [-0.1, -0.05) is 188 Å². The Kier molecular flexibility index (Phi) is 18.9. The number of carbonyl (C=O) groups excluding carboxylic acids is 1. The number of aryl methyl sites for hydroxylation is 1. The Labute approximate surface area is 437 Å². The molecule has 74 heavy (non-hydrogen) atoms. The first-order valence-corrected chi connectivity index (χ1v) is 25.9. The number of piperazine rings is 1. The van der Waals surface area contributed by atoms with E-state index in [1.165, 1.54) is 0 Å². The maximum atomic E-state index is 12.7. The van der Waals surface area contributed by atoms with Gasteiger partial charge in [0.25, 0.3) is 0 Å². The molecule has 10 heteroatoms. The van der Waals surface area contributed by atoms with Gasteiger partial charge < -0.3 is 43.5 Å². The molecule has 10 nitrogen and oxygen atoms in total. The SMILES string of the molecule is Cc1cc(OCc2ccccc2)c([C@@H]2O[C@H](COCc3ccccc3)[C@@H](OCc3ccccc3)[C@H](OCc3ccccc3)[C@H]2OCc2ccccc2)cc1Cc1ccc(/C=C/CNC(=O)N2CCN(C)CC2)cc1. The van der Waals surface area contributed by atoms with Gasteiger partial charge in [-0.05, 0) is 82.6 Å². The molecule has 2 amide bonds. The van der Waals surface area contributed by atoms with E-state index < -0.39 is 30.5 Å². The highest BCUT2D eigenvalue weighted by molar-refractivity contribution is 5.74. The Balaban J connectivity index is 1.05. The standard InChI is InChI=1S/C64H69N3O7/c1-48-39-58(70-43-52-21-10-4-11-22-52)57(41-56(48)40-50-32-30-49(31-33-50)29-18-34-65-64(68)67-37-35-66(2)36-38-67)60-62(72-45-54-25-14-6-15-26-54)63(73-46-55-27-16-7-17-28-55)61(71-44-53-23-12-5-13-24-53)59(74-60)47-69-42-51-19-8-3-9-20-51/h3-33,39,41,59-63H,34-38,40,42-47H2,1-2H3,(H,65,68)/b29-18+/t59-,60+,61-,62+,63+/m1/s1. The van der Waals surface area contributed by atoms with E-state index in [9.17, 15) is 4.79 Å². The van der Waals surface area contributed by atoms with Crippen LogP contribution in [0, 0.1) is 6.92 Å². The van der Waals surface area contributed by atoms with Gasteiger partial charge in [0.15, 0.2) is 0 Å². The molecule has 2 aliphatic heterocycles. The van der Waals surface area contributed by atoms with Gasteiger partial charge in [0.1, 0.15) is 42.9 Å². The minimum atomic E-state index is -0.671. The lowest BCUT2D eigenvalue weighted by Crippen LogP contribution is -2.58. The van der Waals surface area contributed by atoms with Crippen LogP contribution in [0.5, 0.6) is 5.75 Å². The molecule has 0 radical (unpaired) electrons. The van der Waals surface area contributed by atoms with Crippen molar-refractivity contribution in [3.63, 3.8) is 0 Å². The first-order chi connectivity index (χ1) is 36.4. The highest BCUT2D eigenvalue weighted by Crippen LogP contribution is 2.43. The van der Waals surface area contributed by atoms with Gasteiger partial charge >= 0.3 is 6.03 Å². The van der Waals surface area contributed by atoms with Crippen LogP contribution in [0.25, 0.3) is 6.08 Å². The Morgan fingerprint density at radius 2 is 1.08 bits per heavy atom. The summed E-state index contributed by atoms with van der Waals surface area (Å²) < 4.78 is 42.3. The van der Waals surface area contributed by atoms with E-state index in [1.807, 2.05) is 102 Å². The molecule has 7 aromatic rings. The molecule has 2 fully saturated rings. The third-order valence-electron chi connectivity index (χ3n) is 13.7. The van der Waals surface area contributed by atoms with E-state index in [0.717, 1.165) is 81.8 Å². The van der Waals surface area contributed by atoms with Crippen LogP contribution in [-0.2, 0) is 63.1 Å². The molecule has 0 aliphatic carbocycles. The number of carbonyl (C=O) groups is 1. The summed E-state index contributed by atoms with van der Waals surface area (Å²) in [6.45, 7) is 7.88. The summed E-state index contributed by atoms with van der Waals surface area (Å²) in [4.78, 5) is 16.9. The number of benzene rings is 7. The van der Waals surface area contributed by atoms with Crippen LogP contribution < -0.4 is 10.1 Å². The van der Waals surface area contributed by atoms with Crippen molar-refractivity contribution in [2.45, 2.75) is 76.9 Å². The summed E-state index contributed by atoms with van der Waals surface area (Å²) in [5.41, 5.74) is 10.5. The summed E-state index contributed by atoms with van der Waals surface area (Å²) in [7, 11) is 2.09. The Bertz CT molecular complexity index is 2790. The molecule has 9 rings (SSSR count). The lowest BCUT2D eigenvalue weighted by atomic mass is 9.87. The van der Waals surface area contributed by atoms with Gasteiger partial charge in [-0.15, -0.1) is 0 Å². The molecule has 2 heterocycles. The van der Waals surface area contributed by atoms with Crippen molar-refractivity contribution in [1.82, 2.24) is 15.1 Å². The highest BCUT2D eigenvalue weighted by Gasteiger charge is 2.50. The Morgan fingerprint density at radius 1 is 0.581 bits per heavy atom. The van der Waals surface area contributed by atoms with Crippen molar-refractivity contribution < 1.29 is 33.2 Å². The molecule has 0 spiro atoms. The second-order valence-electron chi connectivity index (χ2n) is 19.3. The molecule has 7 aromatic carbocycles. The van der Waals surface area contributed by atoms with Crippen LogP contribution in [0.1, 0.15) is 61.7 Å². The maximum absolute atomic E-state index is 12.7. The van der Waals surface area contributed by atoms with Gasteiger partial charge in [-0.25, -0.2) is 4.79 Å². The molecule has 0 aromatic heterocycles. The maximum Gasteiger partial charge on any atom is 0.317 e. The van der Waals surface area contributed by atoms with Gasteiger partial charge in [-0.3, -0.25) is 0 Å².